The molecule has 1 aromatic heterocycles. The van der Waals surface area contributed by atoms with E-state index in [0.29, 0.717) is 16.8 Å². The van der Waals surface area contributed by atoms with Crippen molar-refractivity contribution in [1.29, 1.82) is 5.26 Å². The molecule has 1 aliphatic carbocycles. The van der Waals surface area contributed by atoms with Gasteiger partial charge in [0.05, 0.1) is 0 Å². The molecule has 1 heterocycles. The Hall–Kier alpha value is -1.08. The second-order valence-electron chi connectivity index (χ2n) is 3.05. The van der Waals surface area contributed by atoms with Gasteiger partial charge in [-0.25, -0.2) is 9.97 Å². The molecule has 3 nitrogen and oxygen atoms in total. The first-order chi connectivity index (χ1) is 6.35. The Bertz CT molecular complexity index is 366. The molecule has 0 saturated heterocycles. The van der Waals surface area contributed by atoms with E-state index in [2.05, 4.69) is 16.0 Å². The molecule has 1 aromatic rings. The van der Waals surface area contributed by atoms with Gasteiger partial charge in [0.25, 0.3) is 0 Å². The van der Waals surface area contributed by atoms with Gasteiger partial charge < -0.3 is 0 Å². The Morgan fingerprint density at radius 2 is 2.38 bits per heavy atom. The van der Waals surface area contributed by atoms with Gasteiger partial charge in [0.1, 0.15) is 11.8 Å². The van der Waals surface area contributed by atoms with Crippen molar-refractivity contribution in [3.05, 3.63) is 17.5 Å². The van der Waals surface area contributed by atoms with Gasteiger partial charge in [-0.1, -0.05) is 11.8 Å². The van der Waals surface area contributed by atoms with Gasteiger partial charge in [-0.05, 0) is 25.0 Å². The van der Waals surface area contributed by atoms with Crippen LogP contribution in [-0.2, 0) is 0 Å². The van der Waals surface area contributed by atoms with Crippen molar-refractivity contribution in [3.8, 4) is 6.07 Å². The monoisotopic (exact) mass is 191 g/mol. The fourth-order valence-corrected chi connectivity index (χ4v) is 1.60. The standard InChI is InChI=1S/C9H9N3S/c1-13-9-11-5-7(6-2-3-6)8(4-10)12-9/h5-6H,2-3H2,1H3. The highest BCUT2D eigenvalue weighted by Crippen LogP contribution is 2.40. The maximum Gasteiger partial charge on any atom is 0.188 e. The summed E-state index contributed by atoms with van der Waals surface area (Å²) in [6.45, 7) is 0. The van der Waals surface area contributed by atoms with E-state index in [1.165, 1.54) is 24.6 Å². The minimum atomic E-state index is 0.547. The predicted molar refractivity (Wildman–Crippen MR) is 50.5 cm³/mol. The minimum Gasteiger partial charge on any atom is -0.231 e. The average Bonchev–Trinajstić information content (AvgIpc) is 3.00. The Labute approximate surface area is 81.2 Å². The third-order valence-electron chi connectivity index (χ3n) is 2.10. The summed E-state index contributed by atoms with van der Waals surface area (Å²) in [7, 11) is 0. The zero-order valence-electron chi connectivity index (χ0n) is 7.32. The number of nitrogens with zero attached hydrogens (tertiary/aromatic N) is 3. The van der Waals surface area contributed by atoms with Crippen molar-refractivity contribution in [1.82, 2.24) is 9.97 Å². The van der Waals surface area contributed by atoms with E-state index < -0.39 is 0 Å². The van der Waals surface area contributed by atoms with E-state index in [1.54, 1.807) is 6.20 Å². The van der Waals surface area contributed by atoms with Crippen molar-refractivity contribution in [2.45, 2.75) is 23.9 Å². The normalized spacial score (nSPS) is 15.4. The Balaban J connectivity index is 2.41. The molecule has 1 aliphatic rings. The summed E-state index contributed by atoms with van der Waals surface area (Å²) >= 11 is 1.47. The van der Waals surface area contributed by atoms with Crippen LogP contribution in [0, 0.1) is 11.3 Å². The molecule has 13 heavy (non-hydrogen) atoms. The average molecular weight is 191 g/mol. The molecular weight excluding hydrogens is 182 g/mol. The zero-order chi connectivity index (χ0) is 9.26. The van der Waals surface area contributed by atoms with Crippen LogP contribution in [0.5, 0.6) is 0 Å². The lowest BCUT2D eigenvalue weighted by molar-refractivity contribution is 0.907. The Morgan fingerprint density at radius 1 is 1.62 bits per heavy atom. The fourth-order valence-electron chi connectivity index (χ4n) is 1.26. The van der Waals surface area contributed by atoms with E-state index in [-0.39, 0.29) is 0 Å². The summed E-state index contributed by atoms with van der Waals surface area (Å²) < 4.78 is 0. The molecule has 1 fully saturated rings. The van der Waals surface area contributed by atoms with Gasteiger partial charge in [0.15, 0.2) is 5.16 Å². The lowest BCUT2D eigenvalue weighted by Crippen LogP contribution is -1.95. The molecule has 0 aliphatic heterocycles. The van der Waals surface area contributed by atoms with Crippen LogP contribution in [-0.4, -0.2) is 16.2 Å². The van der Waals surface area contributed by atoms with Crippen molar-refractivity contribution in [2.75, 3.05) is 6.26 Å². The molecule has 0 unspecified atom stereocenters. The molecule has 66 valence electrons. The van der Waals surface area contributed by atoms with Crippen molar-refractivity contribution >= 4 is 11.8 Å². The van der Waals surface area contributed by atoms with Crippen LogP contribution < -0.4 is 0 Å². The maximum atomic E-state index is 8.87. The number of hydrogen-bond donors (Lipinski definition) is 0. The van der Waals surface area contributed by atoms with Crippen molar-refractivity contribution < 1.29 is 0 Å². The predicted octanol–water partition coefficient (Wildman–Crippen LogP) is 1.95. The zero-order valence-corrected chi connectivity index (χ0v) is 8.14. The third kappa shape index (κ3) is 1.65. The first kappa shape index (κ1) is 8.52. The molecule has 2 rings (SSSR count). The SMILES string of the molecule is CSc1ncc(C2CC2)c(C#N)n1. The molecule has 0 spiro atoms. The van der Waals surface area contributed by atoms with Crippen LogP contribution >= 0.6 is 11.8 Å². The molecule has 4 heteroatoms. The number of nitriles is 1. The van der Waals surface area contributed by atoms with E-state index in [0.717, 1.165) is 5.56 Å². The second kappa shape index (κ2) is 3.35. The molecule has 0 atom stereocenters. The quantitative estimate of drug-likeness (QED) is 0.529. The second-order valence-corrected chi connectivity index (χ2v) is 3.82. The van der Waals surface area contributed by atoms with Gasteiger partial charge in [0.2, 0.25) is 0 Å². The van der Waals surface area contributed by atoms with E-state index in [9.17, 15) is 0 Å². The largest absolute Gasteiger partial charge is 0.231 e. The van der Waals surface area contributed by atoms with Crippen LogP contribution in [0.25, 0.3) is 0 Å². The molecule has 0 radical (unpaired) electrons. The summed E-state index contributed by atoms with van der Waals surface area (Å²) in [6.07, 6.45) is 6.07. The summed E-state index contributed by atoms with van der Waals surface area (Å²) in [5.41, 5.74) is 1.59. The van der Waals surface area contributed by atoms with Crippen LogP contribution in [0.3, 0.4) is 0 Å². The van der Waals surface area contributed by atoms with E-state index >= 15 is 0 Å². The van der Waals surface area contributed by atoms with Crippen LogP contribution in [0.2, 0.25) is 0 Å². The highest BCUT2D eigenvalue weighted by atomic mass is 32.2. The summed E-state index contributed by atoms with van der Waals surface area (Å²) in [6, 6.07) is 2.13. The fraction of sp³-hybridized carbons (Fsp3) is 0.444. The van der Waals surface area contributed by atoms with Crippen LogP contribution in [0.15, 0.2) is 11.4 Å². The molecule has 0 amide bonds. The van der Waals surface area contributed by atoms with Crippen LogP contribution in [0.1, 0.15) is 30.0 Å². The topological polar surface area (TPSA) is 49.6 Å². The lowest BCUT2D eigenvalue weighted by atomic mass is 10.1. The summed E-state index contributed by atoms with van der Waals surface area (Å²) in [5.74, 6) is 0.547. The van der Waals surface area contributed by atoms with Gasteiger partial charge in [0, 0.05) is 11.8 Å². The number of hydrogen-bond acceptors (Lipinski definition) is 4. The number of rotatable bonds is 2. The number of thioether (sulfide) groups is 1. The highest BCUT2D eigenvalue weighted by molar-refractivity contribution is 7.98. The molecule has 0 aromatic carbocycles. The molecule has 0 N–H and O–H groups in total. The maximum absolute atomic E-state index is 8.87. The third-order valence-corrected chi connectivity index (χ3v) is 2.66. The Kier molecular flexibility index (Phi) is 2.19. The van der Waals surface area contributed by atoms with Gasteiger partial charge in [-0.2, -0.15) is 5.26 Å². The van der Waals surface area contributed by atoms with Gasteiger partial charge >= 0.3 is 0 Å². The molecule has 1 saturated carbocycles. The highest BCUT2D eigenvalue weighted by Gasteiger charge is 2.27. The first-order valence-electron chi connectivity index (χ1n) is 4.16. The summed E-state index contributed by atoms with van der Waals surface area (Å²) in [4.78, 5) is 8.33. The van der Waals surface area contributed by atoms with E-state index in [4.69, 9.17) is 5.26 Å². The summed E-state index contributed by atoms with van der Waals surface area (Å²) in [5, 5.41) is 9.55. The van der Waals surface area contributed by atoms with Crippen LogP contribution in [0.4, 0.5) is 0 Å². The van der Waals surface area contributed by atoms with Gasteiger partial charge in [-0.15, -0.1) is 0 Å². The smallest absolute Gasteiger partial charge is 0.188 e. The number of aromatic nitrogens is 2. The van der Waals surface area contributed by atoms with Gasteiger partial charge in [-0.3, -0.25) is 0 Å². The first-order valence-corrected chi connectivity index (χ1v) is 5.38. The molecule has 0 bridgehead atoms. The van der Waals surface area contributed by atoms with Crippen molar-refractivity contribution in [3.63, 3.8) is 0 Å². The van der Waals surface area contributed by atoms with E-state index in [1.807, 2.05) is 6.26 Å². The van der Waals surface area contributed by atoms with Crippen molar-refractivity contribution in [2.24, 2.45) is 0 Å². The minimum absolute atomic E-state index is 0.547. The lowest BCUT2D eigenvalue weighted by Gasteiger charge is -2.00. The molecular formula is C9H9N3S. The Morgan fingerprint density at radius 3 is 2.92 bits per heavy atom.